The van der Waals surface area contributed by atoms with Crippen molar-refractivity contribution in [3.8, 4) is 0 Å². The quantitative estimate of drug-likeness (QED) is 0.673. The number of aryl methyl sites for hydroxylation is 1. The van der Waals surface area contributed by atoms with Crippen LogP contribution in [0.25, 0.3) is 0 Å². The lowest BCUT2D eigenvalue weighted by atomic mass is 10.2. The van der Waals surface area contributed by atoms with E-state index in [1.165, 1.54) is 0 Å². The zero-order valence-electron chi connectivity index (χ0n) is 13.0. The molecule has 24 heavy (non-hydrogen) atoms. The summed E-state index contributed by atoms with van der Waals surface area (Å²) in [5, 5.41) is 8.75. The molecule has 0 radical (unpaired) electrons. The number of thiophene rings is 1. The molecule has 0 aliphatic heterocycles. The molecular formula is C18H16ClN3OS. The van der Waals surface area contributed by atoms with Gasteiger partial charge in [0.25, 0.3) is 0 Å². The lowest BCUT2D eigenvalue weighted by molar-refractivity contribution is -0.115. The zero-order valence-corrected chi connectivity index (χ0v) is 14.6. The molecule has 6 heteroatoms. The van der Waals surface area contributed by atoms with Crippen molar-refractivity contribution in [2.75, 3.05) is 10.6 Å². The summed E-state index contributed by atoms with van der Waals surface area (Å²) in [5.74, 6) is 0.467. The minimum absolute atomic E-state index is 0.0702. The monoisotopic (exact) mass is 357 g/mol. The number of halogens is 1. The van der Waals surface area contributed by atoms with Crippen LogP contribution in [0.4, 0.5) is 17.2 Å². The maximum atomic E-state index is 12.0. The molecule has 0 atom stereocenters. The Balaban J connectivity index is 1.61. The molecule has 0 saturated carbocycles. The molecule has 4 nitrogen and oxygen atoms in total. The summed E-state index contributed by atoms with van der Waals surface area (Å²) in [6.45, 7) is 1.99. The highest BCUT2D eigenvalue weighted by Gasteiger charge is 2.06. The molecule has 122 valence electrons. The first-order chi connectivity index (χ1) is 11.6. The summed E-state index contributed by atoms with van der Waals surface area (Å²) >= 11 is 7.53. The van der Waals surface area contributed by atoms with Gasteiger partial charge in [-0.05, 0) is 54.3 Å². The van der Waals surface area contributed by atoms with E-state index in [4.69, 9.17) is 11.6 Å². The Kier molecular flexibility index (Phi) is 5.13. The number of aromatic nitrogens is 1. The molecule has 2 heterocycles. The van der Waals surface area contributed by atoms with Gasteiger partial charge in [0.1, 0.15) is 5.82 Å². The Labute approximate surface area is 149 Å². The Hall–Kier alpha value is -2.37. The van der Waals surface area contributed by atoms with Gasteiger partial charge >= 0.3 is 0 Å². The van der Waals surface area contributed by atoms with Crippen LogP contribution in [0.1, 0.15) is 10.4 Å². The Morgan fingerprint density at radius 1 is 1.25 bits per heavy atom. The van der Waals surface area contributed by atoms with Crippen molar-refractivity contribution < 1.29 is 4.79 Å². The minimum atomic E-state index is -0.0702. The number of carbonyl (C=O) groups is 1. The lowest BCUT2D eigenvalue weighted by Crippen LogP contribution is -2.14. The van der Waals surface area contributed by atoms with Crippen LogP contribution in [-0.4, -0.2) is 10.9 Å². The fourth-order valence-corrected chi connectivity index (χ4v) is 3.15. The summed E-state index contributed by atoms with van der Waals surface area (Å²) in [4.78, 5) is 17.3. The molecule has 3 rings (SSSR count). The molecule has 0 bridgehead atoms. The summed E-state index contributed by atoms with van der Waals surface area (Å²) in [7, 11) is 0. The molecule has 1 amide bonds. The van der Waals surface area contributed by atoms with Crippen LogP contribution >= 0.6 is 22.9 Å². The van der Waals surface area contributed by atoms with Crippen molar-refractivity contribution in [2.45, 2.75) is 13.3 Å². The van der Waals surface area contributed by atoms with E-state index >= 15 is 0 Å². The van der Waals surface area contributed by atoms with Crippen LogP contribution in [0.15, 0.2) is 54.0 Å². The molecule has 0 unspecified atom stereocenters. The number of anilines is 3. The van der Waals surface area contributed by atoms with Gasteiger partial charge in [0.2, 0.25) is 5.91 Å². The number of carbonyl (C=O) groups excluding carboxylic acids is 1. The van der Waals surface area contributed by atoms with Gasteiger partial charge in [-0.3, -0.25) is 4.79 Å². The van der Waals surface area contributed by atoms with Crippen LogP contribution in [0.5, 0.6) is 0 Å². The topological polar surface area (TPSA) is 54.0 Å². The summed E-state index contributed by atoms with van der Waals surface area (Å²) in [5.41, 5.74) is 2.86. The second kappa shape index (κ2) is 7.47. The van der Waals surface area contributed by atoms with E-state index in [9.17, 15) is 4.79 Å². The lowest BCUT2D eigenvalue weighted by Gasteiger charge is -2.10. The van der Waals surface area contributed by atoms with Gasteiger partial charge < -0.3 is 10.6 Å². The van der Waals surface area contributed by atoms with Gasteiger partial charge in [-0.25, -0.2) is 4.98 Å². The van der Waals surface area contributed by atoms with Crippen LogP contribution in [0.3, 0.4) is 0 Å². The molecular weight excluding hydrogens is 342 g/mol. The molecule has 1 aromatic carbocycles. The second-order valence-electron chi connectivity index (χ2n) is 5.32. The first-order valence-electron chi connectivity index (χ1n) is 7.41. The van der Waals surface area contributed by atoms with Crippen molar-refractivity contribution in [3.05, 3.63) is 69.5 Å². The van der Waals surface area contributed by atoms with E-state index in [1.807, 2.05) is 48.7 Å². The molecule has 0 saturated heterocycles. The van der Waals surface area contributed by atoms with E-state index < -0.39 is 0 Å². The van der Waals surface area contributed by atoms with Crippen molar-refractivity contribution >= 4 is 46.0 Å². The molecule has 2 N–H and O–H groups in total. The zero-order chi connectivity index (χ0) is 16.9. The average molecular weight is 358 g/mol. The Morgan fingerprint density at radius 3 is 2.79 bits per heavy atom. The predicted octanol–water partition coefficient (Wildman–Crippen LogP) is 5.03. The SMILES string of the molecule is Cc1cc(Cl)ccc1Nc1ccc(NC(=O)Cc2cccs2)nc1. The third-order valence-electron chi connectivity index (χ3n) is 3.41. The number of benzene rings is 1. The molecule has 0 aliphatic rings. The van der Waals surface area contributed by atoms with Gasteiger partial charge in [-0.1, -0.05) is 17.7 Å². The summed E-state index contributed by atoms with van der Waals surface area (Å²) in [6, 6.07) is 13.2. The Bertz CT molecular complexity index is 832. The van der Waals surface area contributed by atoms with E-state index in [0.29, 0.717) is 17.3 Å². The third-order valence-corrected chi connectivity index (χ3v) is 4.52. The summed E-state index contributed by atoms with van der Waals surface area (Å²) < 4.78 is 0. The molecule has 0 spiro atoms. The first-order valence-corrected chi connectivity index (χ1v) is 8.67. The predicted molar refractivity (Wildman–Crippen MR) is 100 cm³/mol. The third kappa shape index (κ3) is 4.34. The number of hydrogen-bond acceptors (Lipinski definition) is 4. The molecule has 2 aromatic heterocycles. The molecule has 0 fully saturated rings. The standard InChI is InChI=1S/C18H16ClN3OS/c1-12-9-13(19)4-6-16(12)21-14-5-7-17(20-11-14)22-18(23)10-15-3-2-8-24-15/h2-9,11,21H,10H2,1H3,(H,20,22,23). The number of hydrogen-bond donors (Lipinski definition) is 2. The van der Waals surface area contributed by atoms with Gasteiger partial charge in [0, 0.05) is 15.6 Å². The molecule has 0 aliphatic carbocycles. The smallest absolute Gasteiger partial charge is 0.230 e. The fourth-order valence-electron chi connectivity index (χ4n) is 2.22. The van der Waals surface area contributed by atoms with Crippen LogP contribution < -0.4 is 10.6 Å². The fraction of sp³-hybridized carbons (Fsp3) is 0.111. The van der Waals surface area contributed by atoms with Crippen LogP contribution in [0, 0.1) is 6.92 Å². The molecule has 3 aromatic rings. The van der Waals surface area contributed by atoms with Gasteiger partial charge in [-0.15, -0.1) is 11.3 Å². The van der Waals surface area contributed by atoms with Crippen molar-refractivity contribution in [2.24, 2.45) is 0 Å². The normalized spacial score (nSPS) is 10.4. The van der Waals surface area contributed by atoms with E-state index in [2.05, 4.69) is 15.6 Å². The van der Waals surface area contributed by atoms with Crippen molar-refractivity contribution in [3.63, 3.8) is 0 Å². The summed E-state index contributed by atoms with van der Waals surface area (Å²) in [6.07, 6.45) is 2.05. The second-order valence-corrected chi connectivity index (χ2v) is 6.79. The van der Waals surface area contributed by atoms with E-state index in [1.54, 1.807) is 23.6 Å². The van der Waals surface area contributed by atoms with E-state index in [-0.39, 0.29) is 5.91 Å². The first kappa shape index (κ1) is 16.5. The van der Waals surface area contributed by atoms with Crippen molar-refractivity contribution in [1.29, 1.82) is 0 Å². The number of amides is 1. The number of pyridine rings is 1. The average Bonchev–Trinajstić information content (AvgIpc) is 3.04. The highest BCUT2D eigenvalue weighted by Crippen LogP contribution is 2.23. The van der Waals surface area contributed by atoms with Gasteiger partial charge in [0.05, 0.1) is 18.3 Å². The van der Waals surface area contributed by atoms with Gasteiger partial charge in [-0.2, -0.15) is 0 Å². The maximum Gasteiger partial charge on any atom is 0.230 e. The van der Waals surface area contributed by atoms with Gasteiger partial charge in [0.15, 0.2) is 0 Å². The minimum Gasteiger partial charge on any atom is -0.354 e. The highest BCUT2D eigenvalue weighted by atomic mass is 35.5. The van der Waals surface area contributed by atoms with E-state index in [0.717, 1.165) is 21.8 Å². The number of rotatable bonds is 5. The Morgan fingerprint density at radius 2 is 2.12 bits per heavy atom. The van der Waals surface area contributed by atoms with Crippen LogP contribution in [-0.2, 0) is 11.2 Å². The number of nitrogens with zero attached hydrogens (tertiary/aromatic N) is 1. The van der Waals surface area contributed by atoms with Crippen LogP contribution in [0.2, 0.25) is 5.02 Å². The number of nitrogens with one attached hydrogen (secondary N) is 2. The highest BCUT2D eigenvalue weighted by molar-refractivity contribution is 7.10. The maximum absolute atomic E-state index is 12.0. The largest absolute Gasteiger partial charge is 0.354 e. The van der Waals surface area contributed by atoms with Crippen molar-refractivity contribution in [1.82, 2.24) is 4.98 Å².